The summed E-state index contributed by atoms with van der Waals surface area (Å²) >= 11 is 0. The number of ether oxygens (including phenoxy) is 1. The van der Waals surface area contributed by atoms with Crippen LogP contribution in [-0.2, 0) is 0 Å². The van der Waals surface area contributed by atoms with Crippen LogP contribution in [0.3, 0.4) is 0 Å². The molecule has 0 unspecified atom stereocenters. The Labute approximate surface area is 119 Å². The van der Waals surface area contributed by atoms with Crippen LogP contribution in [0.25, 0.3) is 0 Å². The van der Waals surface area contributed by atoms with E-state index in [1.165, 1.54) is 0 Å². The largest absolute Gasteiger partial charge is 0.437 e. The summed E-state index contributed by atoms with van der Waals surface area (Å²) in [7, 11) is 3.99. The Kier molecular flexibility index (Phi) is 4.76. The van der Waals surface area contributed by atoms with E-state index in [0.717, 1.165) is 30.2 Å². The summed E-state index contributed by atoms with van der Waals surface area (Å²) in [6.07, 6.45) is 4.34. The third-order valence-corrected chi connectivity index (χ3v) is 2.72. The SMILES string of the molecule is CCCNc1cncc(Oc2cccc(N(C)C)c2)n1. The Morgan fingerprint density at radius 2 is 2.10 bits per heavy atom. The van der Waals surface area contributed by atoms with Gasteiger partial charge in [0.25, 0.3) is 0 Å². The van der Waals surface area contributed by atoms with Gasteiger partial charge in [-0.1, -0.05) is 13.0 Å². The van der Waals surface area contributed by atoms with E-state index >= 15 is 0 Å². The monoisotopic (exact) mass is 272 g/mol. The summed E-state index contributed by atoms with van der Waals surface area (Å²) < 4.78 is 5.75. The number of nitrogens with one attached hydrogen (secondary N) is 1. The van der Waals surface area contributed by atoms with E-state index in [4.69, 9.17) is 4.74 Å². The Hall–Kier alpha value is -2.30. The normalized spacial score (nSPS) is 10.2. The molecule has 1 aromatic carbocycles. The average molecular weight is 272 g/mol. The summed E-state index contributed by atoms with van der Waals surface area (Å²) in [5, 5.41) is 3.19. The Morgan fingerprint density at radius 3 is 2.85 bits per heavy atom. The summed E-state index contributed by atoms with van der Waals surface area (Å²) in [5.74, 6) is 1.97. The fraction of sp³-hybridized carbons (Fsp3) is 0.333. The van der Waals surface area contributed by atoms with Crippen molar-refractivity contribution in [2.24, 2.45) is 0 Å². The zero-order chi connectivity index (χ0) is 14.4. The van der Waals surface area contributed by atoms with Crippen molar-refractivity contribution >= 4 is 11.5 Å². The highest BCUT2D eigenvalue weighted by atomic mass is 16.5. The molecule has 0 aliphatic carbocycles. The van der Waals surface area contributed by atoms with Gasteiger partial charge in [0.15, 0.2) is 0 Å². The second kappa shape index (κ2) is 6.75. The highest BCUT2D eigenvalue weighted by molar-refractivity contribution is 5.50. The number of rotatable bonds is 6. The van der Waals surface area contributed by atoms with E-state index in [-0.39, 0.29) is 0 Å². The summed E-state index contributed by atoms with van der Waals surface area (Å²) in [5.41, 5.74) is 1.08. The second-order valence-corrected chi connectivity index (χ2v) is 4.66. The summed E-state index contributed by atoms with van der Waals surface area (Å²) in [4.78, 5) is 10.5. The maximum Gasteiger partial charge on any atom is 0.239 e. The minimum atomic E-state index is 0.488. The number of hydrogen-bond donors (Lipinski definition) is 1. The lowest BCUT2D eigenvalue weighted by molar-refractivity contribution is 0.461. The van der Waals surface area contributed by atoms with Crippen LogP contribution in [0.15, 0.2) is 36.7 Å². The molecule has 20 heavy (non-hydrogen) atoms. The lowest BCUT2D eigenvalue weighted by Crippen LogP contribution is -2.08. The first-order chi connectivity index (χ1) is 9.69. The lowest BCUT2D eigenvalue weighted by atomic mass is 10.3. The van der Waals surface area contributed by atoms with Gasteiger partial charge in [0.1, 0.15) is 11.6 Å². The van der Waals surface area contributed by atoms with E-state index < -0.39 is 0 Å². The number of hydrogen-bond acceptors (Lipinski definition) is 5. The van der Waals surface area contributed by atoms with Gasteiger partial charge in [0.2, 0.25) is 5.88 Å². The summed E-state index contributed by atoms with van der Waals surface area (Å²) in [6.45, 7) is 2.97. The molecule has 0 amide bonds. The maximum absolute atomic E-state index is 5.75. The first-order valence-corrected chi connectivity index (χ1v) is 6.70. The fourth-order valence-electron chi connectivity index (χ4n) is 1.68. The number of aromatic nitrogens is 2. The molecule has 1 N–H and O–H groups in total. The van der Waals surface area contributed by atoms with E-state index in [1.807, 2.05) is 43.3 Å². The third kappa shape index (κ3) is 3.85. The van der Waals surface area contributed by atoms with Gasteiger partial charge >= 0.3 is 0 Å². The molecule has 0 fully saturated rings. The average Bonchev–Trinajstić information content (AvgIpc) is 2.46. The molecule has 0 saturated carbocycles. The van der Waals surface area contributed by atoms with Gasteiger partial charge in [-0.15, -0.1) is 0 Å². The van der Waals surface area contributed by atoms with Crippen molar-refractivity contribution in [3.63, 3.8) is 0 Å². The van der Waals surface area contributed by atoms with Gasteiger partial charge in [-0.05, 0) is 18.6 Å². The van der Waals surface area contributed by atoms with Crippen molar-refractivity contribution in [1.82, 2.24) is 9.97 Å². The predicted molar refractivity (Wildman–Crippen MR) is 81.7 cm³/mol. The number of anilines is 2. The standard InChI is InChI=1S/C15H20N4O/c1-4-8-17-14-10-16-11-15(18-14)20-13-7-5-6-12(9-13)19(2)3/h5-7,9-11H,4,8H2,1-3H3,(H,17,18). The molecule has 1 aromatic heterocycles. The molecule has 0 aliphatic rings. The van der Waals surface area contributed by atoms with Crippen LogP contribution in [-0.4, -0.2) is 30.6 Å². The van der Waals surface area contributed by atoms with Crippen molar-refractivity contribution in [3.05, 3.63) is 36.7 Å². The lowest BCUT2D eigenvalue weighted by Gasteiger charge is -2.13. The molecular formula is C15H20N4O. The first-order valence-electron chi connectivity index (χ1n) is 6.70. The van der Waals surface area contributed by atoms with E-state index in [2.05, 4.69) is 22.2 Å². The van der Waals surface area contributed by atoms with Gasteiger partial charge in [-0.2, -0.15) is 4.98 Å². The molecule has 0 aliphatic heterocycles. The van der Waals surface area contributed by atoms with Crippen LogP contribution in [0.1, 0.15) is 13.3 Å². The van der Waals surface area contributed by atoms with Crippen molar-refractivity contribution < 1.29 is 4.74 Å². The van der Waals surface area contributed by atoms with Crippen LogP contribution in [0, 0.1) is 0 Å². The molecule has 106 valence electrons. The van der Waals surface area contributed by atoms with Crippen molar-refractivity contribution in [3.8, 4) is 11.6 Å². The number of nitrogens with zero attached hydrogens (tertiary/aromatic N) is 3. The van der Waals surface area contributed by atoms with Crippen molar-refractivity contribution in [1.29, 1.82) is 0 Å². The van der Waals surface area contributed by atoms with Crippen LogP contribution < -0.4 is 15.0 Å². The zero-order valence-corrected chi connectivity index (χ0v) is 12.1. The summed E-state index contributed by atoms with van der Waals surface area (Å²) in [6, 6.07) is 7.85. The first kappa shape index (κ1) is 14.1. The quantitative estimate of drug-likeness (QED) is 0.875. The third-order valence-electron chi connectivity index (χ3n) is 2.72. The predicted octanol–water partition coefficient (Wildman–Crippen LogP) is 3.16. The van der Waals surface area contributed by atoms with Gasteiger partial charge in [0, 0.05) is 32.4 Å². The van der Waals surface area contributed by atoms with E-state index in [1.54, 1.807) is 12.4 Å². The molecule has 2 aromatic rings. The highest BCUT2D eigenvalue weighted by Gasteiger charge is 2.03. The van der Waals surface area contributed by atoms with Gasteiger partial charge < -0.3 is 15.0 Å². The van der Waals surface area contributed by atoms with Gasteiger partial charge in [-0.25, -0.2) is 0 Å². The van der Waals surface area contributed by atoms with E-state index in [9.17, 15) is 0 Å². The molecule has 0 saturated heterocycles. The van der Waals surface area contributed by atoms with Crippen molar-refractivity contribution in [2.45, 2.75) is 13.3 Å². The van der Waals surface area contributed by atoms with Gasteiger partial charge in [0.05, 0.1) is 12.4 Å². The second-order valence-electron chi connectivity index (χ2n) is 4.66. The van der Waals surface area contributed by atoms with Crippen molar-refractivity contribution in [2.75, 3.05) is 30.9 Å². The minimum absolute atomic E-state index is 0.488. The molecule has 1 heterocycles. The molecule has 5 heteroatoms. The Bertz CT molecular complexity index is 557. The van der Waals surface area contributed by atoms with Crippen LogP contribution in [0.4, 0.5) is 11.5 Å². The Balaban J connectivity index is 2.11. The maximum atomic E-state index is 5.75. The zero-order valence-electron chi connectivity index (χ0n) is 12.1. The molecule has 0 spiro atoms. The molecule has 5 nitrogen and oxygen atoms in total. The molecule has 0 radical (unpaired) electrons. The van der Waals surface area contributed by atoms with Gasteiger partial charge in [-0.3, -0.25) is 4.98 Å². The van der Waals surface area contributed by atoms with Crippen LogP contribution in [0.2, 0.25) is 0 Å². The highest BCUT2D eigenvalue weighted by Crippen LogP contribution is 2.24. The minimum Gasteiger partial charge on any atom is -0.437 e. The topological polar surface area (TPSA) is 50.3 Å². The van der Waals surface area contributed by atoms with Crippen LogP contribution in [0.5, 0.6) is 11.6 Å². The molecule has 0 atom stereocenters. The number of benzene rings is 1. The molecule has 2 rings (SSSR count). The Morgan fingerprint density at radius 1 is 1.25 bits per heavy atom. The van der Waals surface area contributed by atoms with Crippen LogP contribution >= 0.6 is 0 Å². The van der Waals surface area contributed by atoms with E-state index in [0.29, 0.717) is 5.88 Å². The fourth-order valence-corrected chi connectivity index (χ4v) is 1.68. The molecule has 0 bridgehead atoms. The molecular weight excluding hydrogens is 252 g/mol. The smallest absolute Gasteiger partial charge is 0.239 e.